The number of hydrogen-bond donors (Lipinski definition) is 2. The molecule has 4 nitrogen and oxygen atoms in total. The third-order valence-electron chi connectivity index (χ3n) is 6.12. The average molecular weight is 475 g/mol. The van der Waals surface area contributed by atoms with Gasteiger partial charge in [-0.1, -0.05) is 64.5 Å². The maximum absolute atomic E-state index is 13.6. The number of ketones is 1. The van der Waals surface area contributed by atoms with Gasteiger partial charge in [0.25, 0.3) is 0 Å². The summed E-state index contributed by atoms with van der Waals surface area (Å²) < 4.78 is 6.28. The van der Waals surface area contributed by atoms with Crippen LogP contribution in [0.1, 0.15) is 29.5 Å². The first kappa shape index (κ1) is 19.9. The topological polar surface area (TPSA) is 50.4 Å². The first-order valence-electron chi connectivity index (χ1n) is 10.4. The average Bonchev–Trinajstić information content (AvgIpc) is 2.96. The number of halogens is 1. The summed E-state index contributed by atoms with van der Waals surface area (Å²) in [5.41, 5.74) is 5.12. The van der Waals surface area contributed by atoms with Crippen molar-refractivity contribution in [2.75, 3.05) is 17.7 Å². The lowest BCUT2D eigenvalue weighted by atomic mass is 9.76. The van der Waals surface area contributed by atoms with Crippen molar-refractivity contribution in [2.24, 2.45) is 5.92 Å². The number of fused-ring (bicyclic) bond motifs is 2. The van der Waals surface area contributed by atoms with E-state index in [1.807, 2.05) is 60.7 Å². The van der Waals surface area contributed by atoms with Crippen molar-refractivity contribution in [3.05, 3.63) is 100 Å². The fraction of sp³-hybridized carbons (Fsp3) is 0.192. The molecule has 0 bridgehead atoms. The fourth-order valence-electron chi connectivity index (χ4n) is 4.56. The predicted molar refractivity (Wildman–Crippen MR) is 128 cm³/mol. The van der Waals surface area contributed by atoms with E-state index in [2.05, 4.69) is 44.8 Å². The van der Waals surface area contributed by atoms with Gasteiger partial charge in [0.1, 0.15) is 11.5 Å². The van der Waals surface area contributed by atoms with Crippen LogP contribution in [0.3, 0.4) is 0 Å². The number of hydrogen-bond acceptors (Lipinski definition) is 4. The first-order valence-corrected chi connectivity index (χ1v) is 11.2. The molecule has 3 atom stereocenters. The van der Waals surface area contributed by atoms with Gasteiger partial charge in [-0.3, -0.25) is 4.79 Å². The number of ether oxygens (including phenoxy) is 1. The van der Waals surface area contributed by atoms with Crippen molar-refractivity contribution < 1.29 is 9.53 Å². The molecule has 3 unspecified atom stereocenters. The molecular weight excluding hydrogens is 452 g/mol. The molecule has 0 saturated heterocycles. The number of Topliss-reactive ketones (excluding diaryl/α,β-unsaturated/α-hetero) is 1. The Labute approximate surface area is 190 Å². The molecule has 1 heterocycles. The van der Waals surface area contributed by atoms with Crippen molar-refractivity contribution in [3.63, 3.8) is 0 Å². The largest absolute Gasteiger partial charge is 0.497 e. The minimum absolute atomic E-state index is 0.0299. The van der Waals surface area contributed by atoms with E-state index < -0.39 is 0 Å². The van der Waals surface area contributed by atoms with Gasteiger partial charge in [0.2, 0.25) is 0 Å². The van der Waals surface area contributed by atoms with Gasteiger partial charge in [-0.2, -0.15) is 0 Å². The highest BCUT2D eigenvalue weighted by Gasteiger charge is 2.40. The van der Waals surface area contributed by atoms with Gasteiger partial charge in [0, 0.05) is 22.5 Å². The van der Waals surface area contributed by atoms with Crippen molar-refractivity contribution in [1.82, 2.24) is 0 Å². The molecule has 0 fully saturated rings. The molecule has 0 spiro atoms. The molecular formula is C26H23BrN2O2. The molecule has 0 radical (unpaired) electrons. The van der Waals surface area contributed by atoms with Crippen LogP contribution in [0.2, 0.25) is 0 Å². The summed E-state index contributed by atoms with van der Waals surface area (Å²) in [4.78, 5) is 13.6. The molecule has 2 N–H and O–H groups in total. The van der Waals surface area contributed by atoms with Crippen molar-refractivity contribution in [1.29, 1.82) is 0 Å². The van der Waals surface area contributed by atoms with E-state index in [9.17, 15) is 4.79 Å². The normalized spacial score (nSPS) is 22.2. The Bertz CT molecular complexity index is 1160. The molecule has 3 aromatic rings. The lowest BCUT2D eigenvalue weighted by Gasteiger charge is -2.33. The molecule has 3 aromatic carbocycles. The Morgan fingerprint density at radius 2 is 1.65 bits per heavy atom. The van der Waals surface area contributed by atoms with Gasteiger partial charge < -0.3 is 15.4 Å². The molecule has 5 rings (SSSR count). The zero-order chi connectivity index (χ0) is 21.4. The van der Waals surface area contributed by atoms with Gasteiger partial charge in [0.05, 0.1) is 30.4 Å². The molecule has 156 valence electrons. The minimum atomic E-state index is -0.291. The smallest absolute Gasteiger partial charge is 0.145 e. The Morgan fingerprint density at radius 1 is 0.935 bits per heavy atom. The standard InChI is InChI=1S/C26H23BrN2O2/c1-31-18-12-10-16(11-13-18)17-14-23-25(24(30)15-17)26(19-6-2-3-7-20(19)27)29-22-9-5-4-8-21(22)28-23/h2-14,17,25-26,28-29H,15H2,1H3. The SMILES string of the molecule is COc1ccc(C2C=C3Nc4ccccc4NC(c4ccccc4Br)C3C(=O)C2)cc1. The third kappa shape index (κ3) is 3.74. The predicted octanol–water partition coefficient (Wildman–Crippen LogP) is 6.29. The van der Waals surface area contributed by atoms with E-state index in [0.717, 1.165) is 38.4 Å². The van der Waals surface area contributed by atoms with E-state index in [0.29, 0.717) is 6.42 Å². The van der Waals surface area contributed by atoms with Gasteiger partial charge >= 0.3 is 0 Å². The number of allylic oxidation sites excluding steroid dienone is 1. The van der Waals surface area contributed by atoms with E-state index in [1.165, 1.54) is 0 Å². The Morgan fingerprint density at radius 3 is 2.39 bits per heavy atom. The fourth-order valence-corrected chi connectivity index (χ4v) is 5.09. The van der Waals surface area contributed by atoms with Crippen molar-refractivity contribution in [2.45, 2.75) is 18.4 Å². The van der Waals surface area contributed by atoms with Crippen LogP contribution >= 0.6 is 15.9 Å². The Kier molecular flexibility index (Phi) is 5.28. The van der Waals surface area contributed by atoms with Crippen LogP contribution in [0.15, 0.2) is 89.0 Å². The number of benzene rings is 3. The summed E-state index contributed by atoms with van der Waals surface area (Å²) in [5, 5.41) is 7.22. The zero-order valence-corrected chi connectivity index (χ0v) is 18.7. The van der Waals surface area contributed by atoms with Gasteiger partial charge in [-0.15, -0.1) is 0 Å². The summed E-state index contributed by atoms with van der Waals surface area (Å²) in [6.07, 6.45) is 2.70. The second-order valence-electron chi connectivity index (χ2n) is 7.96. The van der Waals surface area contributed by atoms with Gasteiger partial charge in [-0.05, 0) is 41.5 Å². The quantitative estimate of drug-likeness (QED) is 0.467. The van der Waals surface area contributed by atoms with Crippen molar-refractivity contribution >= 4 is 33.1 Å². The van der Waals surface area contributed by atoms with Crippen LogP contribution in [0, 0.1) is 5.92 Å². The highest BCUT2D eigenvalue weighted by atomic mass is 79.9. The lowest BCUT2D eigenvalue weighted by molar-refractivity contribution is -0.122. The zero-order valence-electron chi connectivity index (χ0n) is 17.1. The second-order valence-corrected chi connectivity index (χ2v) is 8.82. The van der Waals surface area contributed by atoms with Crippen LogP contribution in [-0.4, -0.2) is 12.9 Å². The van der Waals surface area contributed by atoms with E-state index in [4.69, 9.17) is 4.74 Å². The molecule has 1 aliphatic heterocycles. The number of carbonyl (C=O) groups excluding carboxylic acids is 1. The summed E-state index contributed by atoms with van der Waals surface area (Å²) in [7, 11) is 1.66. The second kappa shape index (κ2) is 8.23. The number of para-hydroxylation sites is 2. The van der Waals surface area contributed by atoms with Gasteiger partial charge in [0.15, 0.2) is 0 Å². The van der Waals surface area contributed by atoms with Crippen LogP contribution in [0.4, 0.5) is 11.4 Å². The number of nitrogens with one attached hydrogen (secondary N) is 2. The van der Waals surface area contributed by atoms with E-state index in [-0.39, 0.29) is 23.7 Å². The molecule has 0 amide bonds. The molecule has 31 heavy (non-hydrogen) atoms. The monoisotopic (exact) mass is 474 g/mol. The maximum atomic E-state index is 13.6. The number of anilines is 2. The Hall–Kier alpha value is -3.05. The number of methoxy groups -OCH3 is 1. The van der Waals surface area contributed by atoms with E-state index >= 15 is 0 Å². The molecule has 2 aliphatic rings. The minimum Gasteiger partial charge on any atom is -0.497 e. The number of carbonyl (C=O) groups is 1. The summed E-state index contributed by atoms with van der Waals surface area (Å²) in [6.45, 7) is 0. The lowest BCUT2D eigenvalue weighted by Crippen LogP contribution is -2.34. The van der Waals surface area contributed by atoms with Crippen LogP contribution in [0.25, 0.3) is 0 Å². The summed E-state index contributed by atoms with van der Waals surface area (Å²) in [5.74, 6) is 0.783. The summed E-state index contributed by atoms with van der Waals surface area (Å²) >= 11 is 3.69. The molecule has 5 heteroatoms. The summed E-state index contributed by atoms with van der Waals surface area (Å²) in [6, 6.07) is 24.1. The van der Waals surface area contributed by atoms with Gasteiger partial charge in [-0.25, -0.2) is 0 Å². The van der Waals surface area contributed by atoms with Crippen molar-refractivity contribution in [3.8, 4) is 5.75 Å². The first-order chi connectivity index (χ1) is 15.1. The highest BCUT2D eigenvalue weighted by Crippen LogP contribution is 2.45. The highest BCUT2D eigenvalue weighted by molar-refractivity contribution is 9.10. The maximum Gasteiger partial charge on any atom is 0.145 e. The molecule has 1 aliphatic carbocycles. The molecule has 0 saturated carbocycles. The Balaban J connectivity index is 1.61. The van der Waals surface area contributed by atoms with E-state index in [1.54, 1.807) is 7.11 Å². The van der Waals surface area contributed by atoms with Crippen LogP contribution < -0.4 is 15.4 Å². The van der Waals surface area contributed by atoms with Crippen LogP contribution in [-0.2, 0) is 4.79 Å². The molecule has 0 aromatic heterocycles. The third-order valence-corrected chi connectivity index (χ3v) is 6.84. The van der Waals surface area contributed by atoms with Crippen LogP contribution in [0.5, 0.6) is 5.75 Å². The number of rotatable bonds is 3.